The number of nitrogens with zero attached hydrogens (tertiary/aromatic N) is 3. The summed E-state index contributed by atoms with van der Waals surface area (Å²) in [5, 5.41) is 15.8. The predicted molar refractivity (Wildman–Crippen MR) is 72.9 cm³/mol. The summed E-state index contributed by atoms with van der Waals surface area (Å²) in [6.45, 7) is 3.80. The molecule has 0 radical (unpaired) electrons. The molecule has 0 saturated heterocycles. The number of benzene rings is 1. The summed E-state index contributed by atoms with van der Waals surface area (Å²) in [5.74, 6) is 0. The average molecular weight is 275 g/mol. The second kappa shape index (κ2) is 5.20. The molecule has 0 atom stereocenters. The number of anilines is 1. The maximum absolute atomic E-state index is 11.6. The van der Waals surface area contributed by atoms with Gasteiger partial charge in [-0.2, -0.15) is 5.26 Å². The summed E-state index contributed by atoms with van der Waals surface area (Å²) in [5.41, 5.74) is 6.68. The van der Waals surface area contributed by atoms with Gasteiger partial charge in [-0.15, -0.1) is 5.10 Å². The smallest absolute Gasteiger partial charge is 0.344 e. The first-order valence-corrected chi connectivity index (χ1v) is 6.49. The van der Waals surface area contributed by atoms with Crippen LogP contribution in [0.2, 0.25) is 0 Å². The molecule has 3 N–H and O–H groups in total. The van der Waals surface area contributed by atoms with Gasteiger partial charge in [0.25, 0.3) is 0 Å². The molecule has 0 unspecified atom stereocenters. The van der Waals surface area contributed by atoms with Crippen molar-refractivity contribution < 1.29 is 0 Å². The molecule has 0 aliphatic heterocycles. The molecule has 2 aromatic rings. The van der Waals surface area contributed by atoms with Gasteiger partial charge in [-0.1, -0.05) is 0 Å². The third-order valence-electron chi connectivity index (χ3n) is 2.53. The number of aromatic nitrogens is 3. The molecule has 0 bridgehead atoms. The number of hydrogen-bond acceptors (Lipinski definition) is 5. The number of nitrogens with two attached hydrogens (primary N) is 1. The zero-order valence-electron chi connectivity index (χ0n) is 10.5. The number of rotatable bonds is 3. The van der Waals surface area contributed by atoms with E-state index in [0.29, 0.717) is 21.3 Å². The van der Waals surface area contributed by atoms with Gasteiger partial charge in [-0.3, -0.25) is 4.57 Å². The van der Waals surface area contributed by atoms with Crippen molar-refractivity contribution in [2.24, 2.45) is 0 Å². The summed E-state index contributed by atoms with van der Waals surface area (Å²) >= 11 is 1.26. The fourth-order valence-electron chi connectivity index (χ4n) is 1.61. The van der Waals surface area contributed by atoms with Crippen molar-refractivity contribution in [3.05, 3.63) is 34.2 Å². The molecule has 0 fully saturated rings. The lowest BCUT2D eigenvalue weighted by Crippen LogP contribution is -2.19. The molecule has 2 rings (SSSR count). The van der Waals surface area contributed by atoms with Crippen LogP contribution in [0.15, 0.2) is 33.0 Å². The molecule has 0 saturated carbocycles. The molecule has 6 nitrogen and oxygen atoms in total. The number of aromatic amines is 1. The van der Waals surface area contributed by atoms with Crippen LogP contribution in [0, 0.1) is 11.3 Å². The van der Waals surface area contributed by atoms with Gasteiger partial charge in [-0.25, -0.2) is 9.89 Å². The van der Waals surface area contributed by atoms with Crippen LogP contribution in [0.25, 0.3) is 0 Å². The van der Waals surface area contributed by atoms with Gasteiger partial charge < -0.3 is 5.73 Å². The van der Waals surface area contributed by atoms with Gasteiger partial charge in [0, 0.05) is 16.6 Å². The standard InChI is InChI=1S/C12H13N5OS/c1-7(2)17-11(18)15-16-12(17)19-10-5-8(6-13)3-4-9(10)14/h3-5,7H,14H2,1-2H3,(H,15,18). The minimum Gasteiger partial charge on any atom is -0.398 e. The maximum atomic E-state index is 11.6. The highest BCUT2D eigenvalue weighted by molar-refractivity contribution is 7.99. The molecular formula is C12H13N5OS. The number of nitrogen functional groups attached to an aromatic ring is 1. The Hall–Kier alpha value is -2.20. The predicted octanol–water partition coefficient (Wildman–Crippen LogP) is 1.76. The molecule has 98 valence electrons. The lowest BCUT2D eigenvalue weighted by atomic mass is 10.2. The van der Waals surface area contributed by atoms with E-state index in [2.05, 4.69) is 16.3 Å². The quantitative estimate of drug-likeness (QED) is 0.831. The zero-order chi connectivity index (χ0) is 14.0. The molecular weight excluding hydrogens is 262 g/mol. The molecule has 7 heteroatoms. The van der Waals surface area contributed by atoms with E-state index in [-0.39, 0.29) is 11.7 Å². The molecule has 1 aromatic carbocycles. The van der Waals surface area contributed by atoms with Crippen LogP contribution in [-0.2, 0) is 0 Å². The van der Waals surface area contributed by atoms with Gasteiger partial charge in [0.05, 0.1) is 11.6 Å². The Labute approximate surface area is 114 Å². The zero-order valence-corrected chi connectivity index (χ0v) is 11.4. The van der Waals surface area contributed by atoms with E-state index < -0.39 is 0 Å². The number of nitriles is 1. The van der Waals surface area contributed by atoms with Gasteiger partial charge in [0.1, 0.15) is 0 Å². The van der Waals surface area contributed by atoms with Crippen LogP contribution in [0.5, 0.6) is 0 Å². The van der Waals surface area contributed by atoms with Crippen molar-refractivity contribution in [3.63, 3.8) is 0 Å². The average Bonchev–Trinajstić information content (AvgIpc) is 2.73. The van der Waals surface area contributed by atoms with Gasteiger partial charge in [-0.05, 0) is 43.8 Å². The summed E-state index contributed by atoms with van der Waals surface area (Å²) in [6.07, 6.45) is 0. The molecule has 0 spiro atoms. The fraction of sp³-hybridized carbons (Fsp3) is 0.250. The van der Waals surface area contributed by atoms with E-state index in [1.807, 2.05) is 13.8 Å². The normalized spacial score (nSPS) is 10.6. The first-order valence-electron chi connectivity index (χ1n) is 5.67. The molecule has 0 aliphatic carbocycles. The molecule has 19 heavy (non-hydrogen) atoms. The Bertz CT molecular complexity index is 695. The minimum atomic E-state index is -0.257. The Balaban J connectivity index is 2.42. The summed E-state index contributed by atoms with van der Waals surface area (Å²) in [7, 11) is 0. The van der Waals surface area contributed by atoms with Gasteiger partial charge >= 0.3 is 5.69 Å². The van der Waals surface area contributed by atoms with Gasteiger partial charge in [0.2, 0.25) is 0 Å². The second-order valence-corrected chi connectivity index (χ2v) is 5.25. The maximum Gasteiger partial charge on any atom is 0.344 e. The van der Waals surface area contributed by atoms with Crippen molar-refractivity contribution in [3.8, 4) is 6.07 Å². The van der Waals surface area contributed by atoms with E-state index >= 15 is 0 Å². The van der Waals surface area contributed by atoms with E-state index in [4.69, 9.17) is 11.0 Å². The third kappa shape index (κ3) is 2.63. The Morgan fingerprint density at radius 2 is 2.26 bits per heavy atom. The lowest BCUT2D eigenvalue weighted by Gasteiger charge is -2.09. The molecule has 1 aromatic heterocycles. The Morgan fingerprint density at radius 1 is 1.53 bits per heavy atom. The van der Waals surface area contributed by atoms with Crippen LogP contribution in [0.1, 0.15) is 25.5 Å². The largest absolute Gasteiger partial charge is 0.398 e. The summed E-state index contributed by atoms with van der Waals surface area (Å²) < 4.78 is 1.54. The molecule has 0 amide bonds. The highest BCUT2D eigenvalue weighted by atomic mass is 32.2. The van der Waals surface area contributed by atoms with Crippen molar-refractivity contribution in [2.45, 2.75) is 29.9 Å². The number of nitrogens with one attached hydrogen (secondary N) is 1. The van der Waals surface area contributed by atoms with E-state index in [0.717, 1.165) is 0 Å². The topological polar surface area (TPSA) is 100 Å². The van der Waals surface area contributed by atoms with Crippen molar-refractivity contribution >= 4 is 17.4 Å². The molecule has 1 heterocycles. The Morgan fingerprint density at radius 3 is 2.89 bits per heavy atom. The second-order valence-electron chi connectivity index (χ2n) is 4.24. The third-order valence-corrected chi connectivity index (χ3v) is 3.58. The van der Waals surface area contributed by atoms with Crippen LogP contribution in [0.3, 0.4) is 0 Å². The first kappa shape index (κ1) is 13.2. The lowest BCUT2D eigenvalue weighted by molar-refractivity contribution is 0.534. The summed E-state index contributed by atoms with van der Waals surface area (Å²) in [4.78, 5) is 12.3. The van der Waals surface area contributed by atoms with Gasteiger partial charge in [0.15, 0.2) is 5.16 Å². The number of hydrogen-bond donors (Lipinski definition) is 2. The minimum absolute atomic E-state index is 0.00544. The Kier molecular flexibility index (Phi) is 3.62. The summed E-state index contributed by atoms with van der Waals surface area (Å²) in [6, 6.07) is 7.06. The number of H-pyrrole nitrogens is 1. The highest BCUT2D eigenvalue weighted by Crippen LogP contribution is 2.31. The van der Waals surface area contributed by atoms with Crippen molar-refractivity contribution in [1.29, 1.82) is 5.26 Å². The van der Waals surface area contributed by atoms with Crippen LogP contribution in [0.4, 0.5) is 5.69 Å². The van der Waals surface area contributed by atoms with E-state index in [1.165, 1.54) is 11.8 Å². The van der Waals surface area contributed by atoms with E-state index in [1.54, 1.807) is 22.8 Å². The van der Waals surface area contributed by atoms with Crippen molar-refractivity contribution in [1.82, 2.24) is 14.8 Å². The highest BCUT2D eigenvalue weighted by Gasteiger charge is 2.14. The van der Waals surface area contributed by atoms with E-state index in [9.17, 15) is 4.79 Å². The van der Waals surface area contributed by atoms with Crippen LogP contribution >= 0.6 is 11.8 Å². The van der Waals surface area contributed by atoms with Crippen LogP contribution in [-0.4, -0.2) is 14.8 Å². The monoisotopic (exact) mass is 275 g/mol. The molecule has 0 aliphatic rings. The van der Waals surface area contributed by atoms with Crippen molar-refractivity contribution in [2.75, 3.05) is 5.73 Å². The SMILES string of the molecule is CC(C)n1c(Sc2cc(C#N)ccc2N)n[nH]c1=O. The van der Waals surface area contributed by atoms with Crippen LogP contribution < -0.4 is 11.4 Å². The fourth-order valence-corrected chi connectivity index (χ4v) is 2.66. The first-order chi connectivity index (χ1) is 9.02.